The van der Waals surface area contributed by atoms with Crippen molar-refractivity contribution in [1.29, 1.82) is 0 Å². The molecule has 0 aromatic heterocycles. The molecule has 0 radical (unpaired) electrons. The van der Waals surface area contributed by atoms with Crippen LogP contribution in [0.4, 0.5) is 0 Å². The Hall–Kier alpha value is -0.930. The Morgan fingerprint density at radius 3 is 2.33 bits per heavy atom. The highest BCUT2D eigenvalue weighted by Crippen LogP contribution is 2.38. The van der Waals surface area contributed by atoms with Crippen LogP contribution in [0.15, 0.2) is 36.4 Å². The zero-order chi connectivity index (χ0) is 13.1. The van der Waals surface area contributed by atoms with Crippen LogP contribution in [0.5, 0.6) is 11.5 Å². The van der Waals surface area contributed by atoms with Crippen LogP contribution in [0, 0.1) is 0 Å². The van der Waals surface area contributed by atoms with Crippen LogP contribution < -0.4 is 4.74 Å². The monoisotopic (exact) mass is 302 g/mol. The summed E-state index contributed by atoms with van der Waals surface area (Å²) in [6.07, 6.45) is 0. The number of benzene rings is 2. The van der Waals surface area contributed by atoms with E-state index in [1.54, 1.807) is 36.4 Å². The predicted octanol–water partition coefficient (Wildman–Crippen LogP) is 4.93. The zero-order valence-corrected chi connectivity index (χ0v) is 11.4. The Morgan fingerprint density at radius 2 is 1.61 bits per heavy atom. The molecule has 0 saturated carbocycles. The molecule has 0 bridgehead atoms. The highest BCUT2D eigenvalue weighted by molar-refractivity contribution is 6.43. The predicted molar refractivity (Wildman–Crippen MR) is 73.9 cm³/mol. The number of halogens is 3. The second-order valence-corrected chi connectivity index (χ2v) is 4.73. The van der Waals surface area contributed by atoms with Gasteiger partial charge in [-0.1, -0.05) is 53.0 Å². The molecule has 2 nitrogen and oxygen atoms in total. The van der Waals surface area contributed by atoms with E-state index in [4.69, 9.17) is 39.5 Å². The van der Waals surface area contributed by atoms with E-state index in [9.17, 15) is 5.11 Å². The third-order valence-corrected chi connectivity index (χ3v) is 3.45. The summed E-state index contributed by atoms with van der Waals surface area (Å²) in [6, 6.07) is 10.2. The van der Waals surface area contributed by atoms with Crippen LogP contribution in [0.2, 0.25) is 15.1 Å². The van der Waals surface area contributed by atoms with Crippen molar-refractivity contribution in [3.05, 3.63) is 57.0 Å². The van der Waals surface area contributed by atoms with Crippen LogP contribution in [0.3, 0.4) is 0 Å². The molecule has 0 heterocycles. The lowest BCUT2D eigenvalue weighted by atomic mass is 10.2. The Bertz CT molecular complexity index is 570. The zero-order valence-electron chi connectivity index (χ0n) is 9.16. The highest BCUT2D eigenvalue weighted by atomic mass is 35.5. The third kappa shape index (κ3) is 2.73. The smallest absolute Gasteiger partial charge is 0.151 e. The molecular formula is C13H9Cl3O2. The molecule has 2 aromatic rings. The lowest BCUT2D eigenvalue weighted by molar-refractivity contribution is 0.276. The average molecular weight is 304 g/mol. The number of hydrogen-bond donors (Lipinski definition) is 1. The summed E-state index contributed by atoms with van der Waals surface area (Å²) in [7, 11) is 0. The molecule has 1 N–H and O–H groups in total. The van der Waals surface area contributed by atoms with Crippen molar-refractivity contribution >= 4 is 34.8 Å². The highest BCUT2D eigenvalue weighted by Gasteiger charge is 2.12. The normalized spacial score (nSPS) is 10.4. The van der Waals surface area contributed by atoms with Gasteiger partial charge in [0.05, 0.1) is 16.7 Å². The van der Waals surface area contributed by atoms with Gasteiger partial charge in [0.25, 0.3) is 0 Å². The lowest BCUT2D eigenvalue weighted by Crippen LogP contribution is -1.93. The first-order valence-electron chi connectivity index (χ1n) is 5.13. The van der Waals surface area contributed by atoms with E-state index >= 15 is 0 Å². The number of aliphatic hydroxyl groups is 1. The van der Waals surface area contributed by atoms with Gasteiger partial charge in [0, 0.05) is 5.56 Å². The number of ether oxygens (including phenoxy) is 1. The topological polar surface area (TPSA) is 29.5 Å². The second-order valence-electron chi connectivity index (χ2n) is 3.54. The quantitative estimate of drug-likeness (QED) is 0.871. The minimum absolute atomic E-state index is 0.173. The van der Waals surface area contributed by atoms with Crippen molar-refractivity contribution in [3.63, 3.8) is 0 Å². The first-order chi connectivity index (χ1) is 8.63. The fourth-order valence-corrected chi connectivity index (χ4v) is 2.03. The van der Waals surface area contributed by atoms with Crippen molar-refractivity contribution < 1.29 is 9.84 Å². The van der Waals surface area contributed by atoms with Crippen LogP contribution in [-0.2, 0) is 6.61 Å². The summed E-state index contributed by atoms with van der Waals surface area (Å²) in [5.41, 5.74) is 0.582. The van der Waals surface area contributed by atoms with Gasteiger partial charge >= 0.3 is 0 Å². The molecule has 0 aliphatic rings. The maximum atomic E-state index is 9.25. The summed E-state index contributed by atoms with van der Waals surface area (Å²) in [5, 5.41) is 10.4. The average Bonchev–Trinajstić information content (AvgIpc) is 2.37. The third-order valence-electron chi connectivity index (χ3n) is 2.35. The molecule has 5 heteroatoms. The molecular weight excluding hydrogens is 294 g/mol. The van der Waals surface area contributed by atoms with E-state index in [0.29, 0.717) is 32.1 Å². The number of hydrogen-bond acceptors (Lipinski definition) is 2. The van der Waals surface area contributed by atoms with Crippen LogP contribution >= 0.6 is 34.8 Å². The molecule has 0 aliphatic heterocycles. The van der Waals surface area contributed by atoms with Gasteiger partial charge in [-0.25, -0.2) is 0 Å². The molecule has 0 atom stereocenters. The fraction of sp³-hybridized carbons (Fsp3) is 0.0769. The molecule has 2 rings (SSSR count). The Balaban J connectivity index is 2.43. The van der Waals surface area contributed by atoms with Gasteiger partial charge in [0.2, 0.25) is 0 Å². The first kappa shape index (κ1) is 13.5. The van der Waals surface area contributed by atoms with E-state index < -0.39 is 0 Å². The van der Waals surface area contributed by atoms with Gasteiger partial charge in [0.1, 0.15) is 10.8 Å². The standard InChI is InChI=1S/C13H9Cl3O2/c14-9-4-2-6-11(12(9)16)18-13-8(7-17)3-1-5-10(13)15/h1-6,17H,7H2. The summed E-state index contributed by atoms with van der Waals surface area (Å²) in [4.78, 5) is 0. The van der Waals surface area contributed by atoms with Crippen molar-refractivity contribution in [1.82, 2.24) is 0 Å². The molecule has 18 heavy (non-hydrogen) atoms. The Kier molecular flexibility index (Phi) is 4.36. The van der Waals surface area contributed by atoms with Crippen molar-refractivity contribution in [3.8, 4) is 11.5 Å². The van der Waals surface area contributed by atoms with Gasteiger partial charge in [-0.05, 0) is 18.2 Å². The summed E-state index contributed by atoms with van der Waals surface area (Å²) < 4.78 is 5.63. The molecule has 0 saturated heterocycles. The first-order valence-corrected chi connectivity index (χ1v) is 6.27. The van der Waals surface area contributed by atoms with E-state index in [1.165, 1.54) is 0 Å². The molecule has 0 aliphatic carbocycles. The van der Waals surface area contributed by atoms with Gasteiger partial charge in [-0.3, -0.25) is 0 Å². The summed E-state index contributed by atoms with van der Waals surface area (Å²) >= 11 is 18.0. The molecule has 0 unspecified atom stereocenters. The van der Waals surface area contributed by atoms with Crippen molar-refractivity contribution in [2.45, 2.75) is 6.61 Å². The molecule has 0 fully saturated rings. The van der Waals surface area contributed by atoms with Crippen molar-refractivity contribution in [2.75, 3.05) is 0 Å². The van der Waals surface area contributed by atoms with E-state index in [-0.39, 0.29) is 6.61 Å². The minimum atomic E-state index is -0.173. The lowest BCUT2D eigenvalue weighted by Gasteiger charge is -2.12. The van der Waals surface area contributed by atoms with E-state index in [0.717, 1.165) is 0 Å². The van der Waals surface area contributed by atoms with Crippen LogP contribution in [0.1, 0.15) is 5.56 Å². The number of rotatable bonds is 3. The summed E-state index contributed by atoms with van der Waals surface area (Å²) in [5.74, 6) is 0.776. The number of aliphatic hydroxyl groups excluding tert-OH is 1. The van der Waals surface area contributed by atoms with E-state index in [2.05, 4.69) is 0 Å². The van der Waals surface area contributed by atoms with Gasteiger partial charge < -0.3 is 9.84 Å². The van der Waals surface area contributed by atoms with Gasteiger partial charge in [-0.15, -0.1) is 0 Å². The Labute approximate surface area is 120 Å². The fourth-order valence-electron chi connectivity index (χ4n) is 1.47. The second kappa shape index (κ2) is 5.81. The van der Waals surface area contributed by atoms with Crippen LogP contribution in [-0.4, -0.2) is 5.11 Å². The maximum absolute atomic E-state index is 9.25. The largest absolute Gasteiger partial charge is 0.454 e. The number of para-hydroxylation sites is 1. The summed E-state index contributed by atoms with van der Waals surface area (Å²) in [6.45, 7) is -0.173. The molecule has 2 aromatic carbocycles. The minimum Gasteiger partial charge on any atom is -0.454 e. The van der Waals surface area contributed by atoms with Crippen LogP contribution in [0.25, 0.3) is 0 Å². The molecule has 0 spiro atoms. The SMILES string of the molecule is OCc1cccc(Cl)c1Oc1cccc(Cl)c1Cl. The van der Waals surface area contributed by atoms with Gasteiger partial charge in [-0.2, -0.15) is 0 Å². The molecule has 94 valence electrons. The maximum Gasteiger partial charge on any atom is 0.151 e. The van der Waals surface area contributed by atoms with Gasteiger partial charge in [0.15, 0.2) is 5.75 Å². The molecule has 0 amide bonds. The Morgan fingerprint density at radius 1 is 0.944 bits per heavy atom. The van der Waals surface area contributed by atoms with Crippen molar-refractivity contribution in [2.24, 2.45) is 0 Å². The van der Waals surface area contributed by atoms with E-state index in [1.807, 2.05) is 0 Å².